The number of anilines is 1. The molecule has 0 unspecified atom stereocenters. The lowest BCUT2D eigenvalue weighted by atomic mass is 9.90. The Morgan fingerprint density at radius 1 is 1.41 bits per heavy atom. The Hall–Kier alpha value is -1.55. The highest BCUT2D eigenvalue weighted by molar-refractivity contribution is 5.49. The van der Waals surface area contributed by atoms with Gasteiger partial charge in [-0.3, -0.25) is 4.40 Å². The number of aliphatic hydroxyl groups is 1. The van der Waals surface area contributed by atoms with Gasteiger partial charge in [0.15, 0.2) is 0 Å². The Kier molecular flexibility index (Phi) is 3.33. The fourth-order valence-corrected chi connectivity index (χ4v) is 1.81. The molecule has 0 saturated heterocycles. The van der Waals surface area contributed by atoms with Crippen LogP contribution in [0.1, 0.15) is 20.3 Å². The second-order valence-electron chi connectivity index (χ2n) is 5.06. The molecule has 0 aliphatic rings. The van der Waals surface area contributed by atoms with Crippen molar-refractivity contribution in [2.24, 2.45) is 5.41 Å². The second-order valence-corrected chi connectivity index (χ2v) is 5.06. The maximum Gasteiger partial charge on any atom is 0.138 e. The van der Waals surface area contributed by atoms with E-state index in [-0.39, 0.29) is 12.0 Å². The van der Waals surface area contributed by atoms with Gasteiger partial charge in [0.25, 0.3) is 0 Å². The molecule has 92 valence electrons. The van der Waals surface area contributed by atoms with Crippen LogP contribution in [-0.4, -0.2) is 27.6 Å². The summed E-state index contributed by atoms with van der Waals surface area (Å²) in [5.41, 5.74) is 1.02. The third-order valence-corrected chi connectivity index (χ3v) is 2.96. The minimum Gasteiger partial charge on any atom is -0.396 e. The Morgan fingerprint density at radius 3 is 3.00 bits per heavy atom. The largest absolute Gasteiger partial charge is 0.396 e. The minimum atomic E-state index is 0.0808. The maximum atomic E-state index is 8.99. The first-order valence-corrected chi connectivity index (χ1v) is 5.89. The van der Waals surface area contributed by atoms with Gasteiger partial charge in [-0.15, -0.1) is 0 Å². The number of fused-ring (bicyclic) bond motifs is 1. The second kappa shape index (κ2) is 4.75. The monoisotopic (exact) mass is 233 g/mol. The molecule has 0 fully saturated rings. The molecule has 0 aliphatic carbocycles. The van der Waals surface area contributed by atoms with Gasteiger partial charge in [-0.1, -0.05) is 19.9 Å². The molecule has 4 heteroatoms. The van der Waals surface area contributed by atoms with Crippen molar-refractivity contribution in [3.8, 4) is 0 Å². The molecule has 0 atom stereocenters. The van der Waals surface area contributed by atoms with Crippen molar-refractivity contribution in [1.82, 2.24) is 9.38 Å². The predicted molar refractivity (Wildman–Crippen MR) is 69.2 cm³/mol. The summed E-state index contributed by atoms with van der Waals surface area (Å²) in [5, 5.41) is 12.4. The molecule has 0 radical (unpaired) electrons. The number of nitrogens with zero attached hydrogens (tertiary/aromatic N) is 2. The Morgan fingerprint density at radius 2 is 2.24 bits per heavy atom. The van der Waals surface area contributed by atoms with Crippen LogP contribution in [0.15, 0.2) is 30.6 Å². The van der Waals surface area contributed by atoms with Crippen LogP contribution in [0, 0.1) is 5.41 Å². The van der Waals surface area contributed by atoms with Crippen molar-refractivity contribution in [3.63, 3.8) is 0 Å². The lowest BCUT2D eigenvalue weighted by molar-refractivity contribution is 0.220. The molecule has 0 spiro atoms. The summed E-state index contributed by atoms with van der Waals surface area (Å²) >= 11 is 0. The fraction of sp³-hybridized carbons (Fsp3) is 0.462. The molecule has 0 bridgehead atoms. The van der Waals surface area contributed by atoms with Gasteiger partial charge >= 0.3 is 0 Å². The lowest BCUT2D eigenvalue weighted by Gasteiger charge is -2.24. The first kappa shape index (κ1) is 11.9. The molecule has 0 amide bonds. The van der Waals surface area contributed by atoms with Crippen molar-refractivity contribution in [2.45, 2.75) is 20.3 Å². The van der Waals surface area contributed by atoms with E-state index in [2.05, 4.69) is 24.1 Å². The number of hydrogen-bond acceptors (Lipinski definition) is 3. The summed E-state index contributed by atoms with van der Waals surface area (Å²) in [6, 6.07) is 6.00. The molecule has 2 rings (SSSR count). The van der Waals surface area contributed by atoms with E-state index in [0.29, 0.717) is 0 Å². The van der Waals surface area contributed by atoms with Crippen LogP contribution in [0.3, 0.4) is 0 Å². The highest BCUT2D eigenvalue weighted by Crippen LogP contribution is 2.21. The van der Waals surface area contributed by atoms with Crippen LogP contribution < -0.4 is 5.32 Å². The molecule has 0 aromatic carbocycles. The third kappa shape index (κ3) is 2.77. The summed E-state index contributed by atoms with van der Waals surface area (Å²) in [6.45, 7) is 5.34. The van der Waals surface area contributed by atoms with Crippen LogP contribution in [0.5, 0.6) is 0 Å². The Labute approximate surface area is 101 Å². The molecule has 0 saturated carbocycles. The zero-order chi connectivity index (χ0) is 12.3. The number of hydrogen-bond donors (Lipinski definition) is 2. The van der Waals surface area contributed by atoms with Crippen molar-refractivity contribution >= 4 is 11.5 Å². The highest BCUT2D eigenvalue weighted by atomic mass is 16.3. The highest BCUT2D eigenvalue weighted by Gasteiger charge is 2.17. The number of nitrogens with one attached hydrogen (secondary N) is 1. The summed E-state index contributed by atoms with van der Waals surface area (Å²) in [5.74, 6) is 1.03. The molecular formula is C13H19N3O. The number of aliphatic hydroxyl groups excluding tert-OH is 1. The minimum absolute atomic E-state index is 0.0808. The third-order valence-electron chi connectivity index (χ3n) is 2.96. The van der Waals surface area contributed by atoms with Crippen LogP contribution in [0.25, 0.3) is 5.65 Å². The van der Waals surface area contributed by atoms with E-state index in [1.54, 1.807) is 6.20 Å². The number of pyridine rings is 1. The molecule has 4 nitrogen and oxygen atoms in total. The zero-order valence-electron chi connectivity index (χ0n) is 10.3. The maximum absolute atomic E-state index is 8.99. The molecule has 17 heavy (non-hydrogen) atoms. The van der Waals surface area contributed by atoms with Gasteiger partial charge in [-0.2, -0.15) is 0 Å². The number of imidazole rings is 1. The normalized spacial score (nSPS) is 11.9. The number of aromatic nitrogens is 2. The van der Waals surface area contributed by atoms with Gasteiger partial charge in [0.2, 0.25) is 0 Å². The summed E-state index contributed by atoms with van der Waals surface area (Å²) in [6.07, 6.45) is 4.52. The SMILES string of the molecule is CC(C)(CCO)CNc1cccc2nccn12. The predicted octanol–water partition coefficient (Wildman–Crippen LogP) is 2.15. The van der Waals surface area contributed by atoms with Crippen molar-refractivity contribution in [2.75, 3.05) is 18.5 Å². The summed E-state index contributed by atoms with van der Waals surface area (Å²) in [7, 11) is 0. The van der Waals surface area contributed by atoms with Gasteiger partial charge in [0, 0.05) is 25.5 Å². The summed E-state index contributed by atoms with van der Waals surface area (Å²) < 4.78 is 2.02. The summed E-state index contributed by atoms with van der Waals surface area (Å²) in [4.78, 5) is 4.24. The smallest absolute Gasteiger partial charge is 0.138 e. The molecule has 2 heterocycles. The van der Waals surface area contributed by atoms with Crippen molar-refractivity contribution in [3.05, 3.63) is 30.6 Å². The van der Waals surface area contributed by atoms with E-state index in [0.717, 1.165) is 24.4 Å². The Bertz CT molecular complexity index is 490. The van der Waals surface area contributed by atoms with E-state index in [1.165, 1.54) is 0 Å². The number of rotatable bonds is 5. The fourth-order valence-electron chi connectivity index (χ4n) is 1.81. The average molecular weight is 233 g/mol. The van der Waals surface area contributed by atoms with E-state index < -0.39 is 0 Å². The zero-order valence-corrected chi connectivity index (χ0v) is 10.3. The van der Waals surface area contributed by atoms with Crippen LogP contribution in [0.2, 0.25) is 0 Å². The Balaban J connectivity index is 2.11. The van der Waals surface area contributed by atoms with Gasteiger partial charge in [0.05, 0.1) is 0 Å². The van der Waals surface area contributed by atoms with Crippen molar-refractivity contribution < 1.29 is 5.11 Å². The lowest BCUT2D eigenvalue weighted by Crippen LogP contribution is -2.24. The van der Waals surface area contributed by atoms with E-state index in [9.17, 15) is 0 Å². The topological polar surface area (TPSA) is 49.6 Å². The van der Waals surface area contributed by atoms with Crippen molar-refractivity contribution in [1.29, 1.82) is 0 Å². The molecule has 2 N–H and O–H groups in total. The quantitative estimate of drug-likeness (QED) is 0.832. The van der Waals surface area contributed by atoms with E-state index >= 15 is 0 Å². The molecule has 0 aliphatic heterocycles. The van der Waals surface area contributed by atoms with Crippen LogP contribution in [-0.2, 0) is 0 Å². The standard InChI is InChI=1S/C13H19N3O/c1-13(2,6-9-17)10-15-12-5-3-4-11-14-7-8-16(11)12/h3-5,7-8,15,17H,6,9-10H2,1-2H3. The molecule has 2 aromatic heterocycles. The van der Waals surface area contributed by atoms with E-state index in [1.807, 2.05) is 28.8 Å². The van der Waals surface area contributed by atoms with Gasteiger partial charge in [-0.25, -0.2) is 4.98 Å². The first-order valence-electron chi connectivity index (χ1n) is 5.89. The first-order chi connectivity index (χ1) is 8.12. The van der Waals surface area contributed by atoms with Gasteiger partial charge < -0.3 is 10.4 Å². The van der Waals surface area contributed by atoms with Gasteiger partial charge in [0.1, 0.15) is 11.5 Å². The molecular weight excluding hydrogens is 214 g/mol. The van der Waals surface area contributed by atoms with Crippen LogP contribution >= 0.6 is 0 Å². The van der Waals surface area contributed by atoms with Gasteiger partial charge in [-0.05, 0) is 24.0 Å². The average Bonchev–Trinajstić information content (AvgIpc) is 2.74. The molecule has 2 aromatic rings. The van der Waals surface area contributed by atoms with Crippen LogP contribution in [0.4, 0.5) is 5.82 Å². The van der Waals surface area contributed by atoms with E-state index in [4.69, 9.17) is 5.11 Å².